The summed E-state index contributed by atoms with van der Waals surface area (Å²) in [6.45, 7) is 5.96. The van der Waals surface area contributed by atoms with Crippen LogP contribution in [0.15, 0.2) is 24.3 Å². The zero-order valence-electron chi connectivity index (χ0n) is 9.75. The Morgan fingerprint density at radius 2 is 2.25 bits per heavy atom. The molecule has 1 atom stereocenters. The molecule has 0 bridgehead atoms. The van der Waals surface area contributed by atoms with Gasteiger partial charge in [0.1, 0.15) is 5.82 Å². The zero-order chi connectivity index (χ0) is 11.4. The van der Waals surface area contributed by atoms with Crippen LogP contribution in [-0.2, 0) is 6.54 Å². The quantitative estimate of drug-likeness (QED) is 0.838. The van der Waals surface area contributed by atoms with E-state index in [-0.39, 0.29) is 5.82 Å². The fourth-order valence-electron chi connectivity index (χ4n) is 2.30. The summed E-state index contributed by atoms with van der Waals surface area (Å²) in [4.78, 5) is 2.31. The number of nitrogens with one attached hydrogen (secondary N) is 1. The minimum atomic E-state index is -0.0885. The van der Waals surface area contributed by atoms with Gasteiger partial charge >= 0.3 is 0 Å². The van der Waals surface area contributed by atoms with Gasteiger partial charge in [0.25, 0.3) is 0 Å². The number of hydrogen-bond donors (Lipinski definition) is 1. The van der Waals surface area contributed by atoms with Crippen LogP contribution >= 0.6 is 0 Å². The summed E-state index contributed by atoms with van der Waals surface area (Å²) < 4.78 is 13.4. The lowest BCUT2D eigenvalue weighted by atomic mass is 10.2. The van der Waals surface area contributed by atoms with Gasteiger partial charge in [-0.2, -0.15) is 0 Å². The number of hydrogen-bond acceptors (Lipinski definition) is 2. The van der Waals surface area contributed by atoms with Crippen LogP contribution in [0.2, 0.25) is 0 Å². The normalized spacial score (nSPS) is 21.5. The molecule has 0 saturated carbocycles. The SMILES string of the molecule is CCNC1CCN(Cc2ccccc2F)C1. The second-order valence-electron chi connectivity index (χ2n) is 4.37. The third-order valence-electron chi connectivity index (χ3n) is 3.12. The summed E-state index contributed by atoms with van der Waals surface area (Å²) in [7, 11) is 0. The summed E-state index contributed by atoms with van der Waals surface area (Å²) in [5, 5.41) is 3.44. The Hall–Kier alpha value is -0.930. The zero-order valence-corrected chi connectivity index (χ0v) is 9.75. The number of likely N-dealkylation sites (tertiary alicyclic amines) is 1. The van der Waals surface area contributed by atoms with Gasteiger partial charge in [-0.05, 0) is 19.0 Å². The predicted octanol–water partition coefficient (Wildman–Crippen LogP) is 2.01. The monoisotopic (exact) mass is 222 g/mol. The van der Waals surface area contributed by atoms with Crippen LogP contribution < -0.4 is 5.32 Å². The van der Waals surface area contributed by atoms with Gasteiger partial charge in [0.2, 0.25) is 0 Å². The van der Waals surface area contributed by atoms with Gasteiger partial charge in [-0.15, -0.1) is 0 Å². The van der Waals surface area contributed by atoms with Crippen LogP contribution in [0.3, 0.4) is 0 Å². The lowest BCUT2D eigenvalue weighted by molar-refractivity contribution is 0.315. The molecular weight excluding hydrogens is 203 g/mol. The lowest BCUT2D eigenvalue weighted by Crippen LogP contribution is -2.32. The summed E-state index contributed by atoms with van der Waals surface area (Å²) in [5.41, 5.74) is 0.805. The molecule has 1 aliphatic heterocycles. The fourth-order valence-corrected chi connectivity index (χ4v) is 2.30. The summed E-state index contributed by atoms with van der Waals surface area (Å²) in [6, 6.07) is 7.63. The molecule has 1 fully saturated rings. The van der Waals surface area contributed by atoms with Gasteiger partial charge in [-0.3, -0.25) is 4.90 Å². The number of halogens is 1. The van der Waals surface area contributed by atoms with Crippen LogP contribution in [0.4, 0.5) is 4.39 Å². The number of benzene rings is 1. The summed E-state index contributed by atoms with van der Waals surface area (Å²) in [5.74, 6) is -0.0885. The largest absolute Gasteiger partial charge is 0.313 e. The van der Waals surface area contributed by atoms with E-state index in [1.54, 1.807) is 6.07 Å². The molecule has 0 aromatic heterocycles. The first kappa shape index (κ1) is 11.6. The Bertz CT molecular complexity index is 340. The third kappa shape index (κ3) is 2.80. The molecule has 2 nitrogen and oxygen atoms in total. The Morgan fingerprint density at radius 1 is 1.44 bits per heavy atom. The minimum Gasteiger partial charge on any atom is -0.313 e. The standard InChI is InChI=1S/C13H19FN2/c1-2-15-12-7-8-16(10-12)9-11-5-3-4-6-13(11)14/h3-6,12,15H,2,7-10H2,1H3. The van der Waals surface area contributed by atoms with E-state index in [4.69, 9.17) is 0 Å². The Balaban J connectivity index is 1.90. The number of nitrogens with zero attached hydrogens (tertiary/aromatic N) is 1. The maximum atomic E-state index is 13.4. The molecule has 1 aliphatic rings. The molecule has 1 heterocycles. The highest BCUT2D eigenvalue weighted by atomic mass is 19.1. The van der Waals surface area contributed by atoms with Crippen molar-refractivity contribution in [3.05, 3.63) is 35.6 Å². The molecule has 1 aromatic rings. The highest BCUT2D eigenvalue weighted by Gasteiger charge is 2.21. The second-order valence-corrected chi connectivity index (χ2v) is 4.37. The van der Waals surface area contributed by atoms with Gasteiger partial charge in [-0.1, -0.05) is 25.1 Å². The van der Waals surface area contributed by atoms with Crippen LogP contribution in [0.25, 0.3) is 0 Å². The maximum absolute atomic E-state index is 13.4. The number of rotatable bonds is 4. The third-order valence-corrected chi connectivity index (χ3v) is 3.12. The van der Waals surface area contributed by atoms with Crippen molar-refractivity contribution in [1.29, 1.82) is 0 Å². The van der Waals surface area contributed by atoms with Crippen LogP contribution in [-0.4, -0.2) is 30.6 Å². The molecule has 1 unspecified atom stereocenters. The van der Waals surface area contributed by atoms with Gasteiger partial charge in [0, 0.05) is 31.2 Å². The van der Waals surface area contributed by atoms with Gasteiger partial charge in [0.05, 0.1) is 0 Å². The first-order valence-corrected chi connectivity index (χ1v) is 5.98. The maximum Gasteiger partial charge on any atom is 0.127 e. The van der Waals surface area contributed by atoms with Crippen molar-refractivity contribution in [2.75, 3.05) is 19.6 Å². The average Bonchev–Trinajstić information content (AvgIpc) is 2.70. The van der Waals surface area contributed by atoms with E-state index in [1.807, 2.05) is 12.1 Å². The van der Waals surface area contributed by atoms with Crippen molar-refractivity contribution in [2.24, 2.45) is 0 Å². The van der Waals surface area contributed by atoms with E-state index in [0.29, 0.717) is 6.04 Å². The second kappa shape index (κ2) is 5.41. The number of likely N-dealkylation sites (N-methyl/N-ethyl adjacent to an activating group) is 1. The van der Waals surface area contributed by atoms with Crippen molar-refractivity contribution in [3.8, 4) is 0 Å². The minimum absolute atomic E-state index is 0.0885. The molecule has 16 heavy (non-hydrogen) atoms. The highest BCUT2D eigenvalue weighted by molar-refractivity contribution is 5.17. The van der Waals surface area contributed by atoms with Gasteiger partial charge < -0.3 is 5.32 Å². The van der Waals surface area contributed by atoms with Crippen LogP contribution in [0.1, 0.15) is 18.9 Å². The molecule has 1 N–H and O–H groups in total. The van der Waals surface area contributed by atoms with Gasteiger partial charge in [0.15, 0.2) is 0 Å². The van der Waals surface area contributed by atoms with Crippen molar-refractivity contribution in [3.63, 3.8) is 0 Å². The Labute approximate surface area is 96.5 Å². The average molecular weight is 222 g/mol. The van der Waals surface area contributed by atoms with E-state index in [9.17, 15) is 4.39 Å². The molecule has 1 saturated heterocycles. The van der Waals surface area contributed by atoms with Gasteiger partial charge in [-0.25, -0.2) is 4.39 Å². The fraction of sp³-hybridized carbons (Fsp3) is 0.538. The van der Waals surface area contributed by atoms with E-state index in [2.05, 4.69) is 17.1 Å². The van der Waals surface area contributed by atoms with Crippen LogP contribution in [0.5, 0.6) is 0 Å². The molecular formula is C13H19FN2. The van der Waals surface area contributed by atoms with Crippen molar-refractivity contribution in [2.45, 2.75) is 25.9 Å². The Morgan fingerprint density at radius 3 is 3.00 bits per heavy atom. The Kier molecular flexibility index (Phi) is 3.91. The molecule has 0 radical (unpaired) electrons. The van der Waals surface area contributed by atoms with Crippen molar-refractivity contribution < 1.29 is 4.39 Å². The summed E-state index contributed by atoms with van der Waals surface area (Å²) in [6.07, 6.45) is 1.17. The van der Waals surface area contributed by atoms with E-state index in [0.717, 1.165) is 31.7 Å². The van der Waals surface area contributed by atoms with Crippen LogP contribution in [0, 0.1) is 5.82 Å². The van der Waals surface area contributed by atoms with E-state index in [1.165, 1.54) is 12.5 Å². The van der Waals surface area contributed by atoms with E-state index < -0.39 is 0 Å². The first-order valence-electron chi connectivity index (χ1n) is 5.98. The smallest absolute Gasteiger partial charge is 0.127 e. The van der Waals surface area contributed by atoms with E-state index >= 15 is 0 Å². The van der Waals surface area contributed by atoms with Crippen molar-refractivity contribution in [1.82, 2.24) is 10.2 Å². The lowest BCUT2D eigenvalue weighted by Gasteiger charge is -2.16. The topological polar surface area (TPSA) is 15.3 Å². The molecule has 0 amide bonds. The predicted molar refractivity (Wildman–Crippen MR) is 63.8 cm³/mol. The highest BCUT2D eigenvalue weighted by Crippen LogP contribution is 2.15. The first-order chi connectivity index (χ1) is 7.79. The molecule has 0 spiro atoms. The molecule has 3 heteroatoms. The van der Waals surface area contributed by atoms with Crippen molar-refractivity contribution >= 4 is 0 Å². The molecule has 0 aliphatic carbocycles. The summed E-state index contributed by atoms with van der Waals surface area (Å²) >= 11 is 0. The molecule has 1 aromatic carbocycles. The molecule has 88 valence electrons. The molecule has 2 rings (SSSR count).